The summed E-state index contributed by atoms with van der Waals surface area (Å²) < 4.78 is 65.8. The molecule has 0 amide bonds. The highest BCUT2D eigenvalue weighted by Gasteiger charge is 2.32. The summed E-state index contributed by atoms with van der Waals surface area (Å²) in [6.07, 6.45) is -4.68. The Morgan fingerprint density at radius 3 is 2.32 bits per heavy atom. The summed E-state index contributed by atoms with van der Waals surface area (Å²) in [4.78, 5) is 10.1. The van der Waals surface area contributed by atoms with E-state index in [4.69, 9.17) is 0 Å². The second-order valence-corrected chi connectivity index (χ2v) is 4.52. The third kappa shape index (κ3) is 4.15. The minimum absolute atomic E-state index is 0.0826. The molecule has 1 atom stereocenters. The van der Waals surface area contributed by atoms with Gasteiger partial charge in [-0.05, 0) is 19.1 Å². The van der Waals surface area contributed by atoms with Crippen molar-refractivity contribution in [3.63, 3.8) is 0 Å². The molecule has 0 fully saturated rings. The van der Waals surface area contributed by atoms with Gasteiger partial charge in [0.1, 0.15) is 16.4 Å². The van der Waals surface area contributed by atoms with E-state index in [-0.39, 0.29) is 5.56 Å². The van der Waals surface area contributed by atoms with E-state index in [1.54, 1.807) is 0 Å². The lowest BCUT2D eigenvalue weighted by Crippen LogP contribution is -2.11. The summed E-state index contributed by atoms with van der Waals surface area (Å²) >= 11 is 2.91. The van der Waals surface area contributed by atoms with Crippen LogP contribution < -0.4 is 4.74 Å². The largest absolute Gasteiger partial charge is 0.434 e. The fraction of sp³-hybridized carbons (Fsp3) is 0.364. The van der Waals surface area contributed by atoms with Crippen molar-refractivity contribution in [1.29, 1.82) is 0 Å². The van der Waals surface area contributed by atoms with Crippen LogP contribution in [0.25, 0.3) is 0 Å². The Morgan fingerprint density at radius 2 is 1.89 bits per heavy atom. The molecule has 8 heteroatoms. The van der Waals surface area contributed by atoms with E-state index in [0.29, 0.717) is 12.1 Å². The minimum Gasteiger partial charge on any atom is -0.434 e. The molecule has 106 valence electrons. The Hall–Kier alpha value is -1.18. The highest BCUT2D eigenvalue weighted by atomic mass is 79.9. The number of Topliss-reactive ketones (excluding diaryl/α,β-unsaturated/α-hetero) is 1. The van der Waals surface area contributed by atoms with Gasteiger partial charge in [-0.3, -0.25) is 4.79 Å². The van der Waals surface area contributed by atoms with E-state index in [2.05, 4.69) is 20.7 Å². The van der Waals surface area contributed by atoms with E-state index in [1.807, 2.05) is 0 Å². The Bertz CT molecular complexity index is 473. The number of rotatable bonds is 4. The Balaban J connectivity index is 3.28. The van der Waals surface area contributed by atoms with Gasteiger partial charge in [0.25, 0.3) is 0 Å². The number of hydrogen-bond donors (Lipinski definition) is 0. The van der Waals surface area contributed by atoms with Crippen molar-refractivity contribution in [2.75, 3.05) is 0 Å². The molecule has 0 N–H and O–H groups in total. The lowest BCUT2D eigenvalue weighted by molar-refractivity contribution is -0.138. The van der Waals surface area contributed by atoms with E-state index >= 15 is 0 Å². The van der Waals surface area contributed by atoms with E-state index in [9.17, 15) is 26.7 Å². The van der Waals surface area contributed by atoms with Gasteiger partial charge in [-0.1, -0.05) is 22.0 Å². The van der Waals surface area contributed by atoms with Crippen LogP contribution in [-0.4, -0.2) is 12.4 Å². The maximum Gasteiger partial charge on any atom is 0.416 e. The minimum atomic E-state index is -4.68. The maximum atomic E-state index is 12.5. The van der Waals surface area contributed by atoms with Crippen LogP contribution in [0.4, 0.5) is 22.0 Å². The fourth-order valence-electron chi connectivity index (χ4n) is 1.34. The molecule has 1 aromatic rings. The maximum absolute atomic E-state index is 12.5. The topological polar surface area (TPSA) is 26.3 Å². The van der Waals surface area contributed by atoms with Crippen molar-refractivity contribution in [2.24, 2.45) is 0 Å². The first-order valence-electron chi connectivity index (χ1n) is 4.93. The van der Waals surface area contributed by atoms with Gasteiger partial charge in [-0.15, -0.1) is 0 Å². The number of ether oxygens (including phenoxy) is 1. The highest BCUT2D eigenvalue weighted by Crippen LogP contribution is 2.38. The van der Waals surface area contributed by atoms with Crippen molar-refractivity contribution in [2.45, 2.75) is 24.5 Å². The van der Waals surface area contributed by atoms with Crippen LogP contribution in [-0.2, 0) is 11.0 Å². The molecule has 0 aliphatic heterocycles. The third-order valence-electron chi connectivity index (χ3n) is 2.19. The molecular formula is C11H8BrF5O2. The van der Waals surface area contributed by atoms with Crippen molar-refractivity contribution < 1.29 is 31.5 Å². The molecule has 0 bridgehead atoms. The van der Waals surface area contributed by atoms with Crippen LogP contribution >= 0.6 is 15.9 Å². The summed E-state index contributed by atoms with van der Waals surface area (Å²) in [7, 11) is 0. The Labute approximate surface area is 113 Å². The molecule has 0 aromatic heterocycles. The number of hydrogen-bond acceptors (Lipinski definition) is 2. The van der Waals surface area contributed by atoms with Crippen LogP contribution in [0.2, 0.25) is 0 Å². The number of halogens is 6. The van der Waals surface area contributed by atoms with Crippen LogP contribution in [0.3, 0.4) is 0 Å². The zero-order chi connectivity index (χ0) is 14.8. The van der Waals surface area contributed by atoms with E-state index in [1.165, 1.54) is 6.92 Å². The number of carbonyl (C=O) groups is 1. The van der Waals surface area contributed by atoms with Gasteiger partial charge in [-0.2, -0.15) is 22.0 Å². The second kappa shape index (κ2) is 5.85. The van der Waals surface area contributed by atoms with Gasteiger partial charge >= 0.3 is 12.8 Å². The number of benzene rings is 1. The zero-order valence-corrected chi connectivity index (χ0v) is 11.1. The van der Waals surface area contributed by atoms with Crippen molar-refractivity contribution >= 4 is 21.7 Å². The number of ketones is 1. The summed E-state index contributed by atoms with van der Waals surface area (Å²) in [6.45, 7) is -2.11. The molecular weight excluding hydrogens is 339 g/mol. The molecule has 0 saturated heterocycles. The van der Waals surface area contributed by atoms with Crippen molar-refractivity contribution in [3.05, 3.63) is 29.3 Å². The van der Waals surface area contributed by atoms with Crippen LogP contribution in [0.5, 0.6) is 5.75 Å². The summed E-state index contributed by atoms with van der Waals surface area (Å²) in [5.74, 6) is -1.12. The average molecular weight is 347 g/mol. The lowest BCUT2D eigenvalue weighted by atomic mass is 10.1. The summed E-state index contributed by atoms with van der Waals surface area (Å²) in [5.41, 5.74) is -1.21. The fourth-order valence-corrected chi connectivity index (χ4v) is 1.72. The molecule has 2 nitrogen and oxygen atoms in total. The lowest BCUT2D eigenvalue weighted by Gasteiger charge is -2.16. The molecule has 0 aliphatic rings. The predicted molar refractivity (Wildman–Crippen MR) is 60.4 cm³/mol. The first-order valence-corrected chi connectivity index (χ1v) is 5.85. The van der Waals surface area contributed by atoms with E-state index < -0.39 is 34.7 Å². The van der Waals surface area contributed by atoms with Gasteiger partial charge in [0.05, 0.1) is 5.56 Å². The normalized spacial score (nSPS) is 13.5. The SMILES string of the molecule is CC(=O)C(Br)c1ccc(C(F)(F)F)cc1OC(F)F. The second-order valence-electron chi connectivity index (χ2n) is 3.60. The molecule has 0 aliphatic carbocycles. The molecule has 0 saturated carbocycles. The Kier molecular flexibility index (Phi) is 4.89. The molecule has 1 rings (SSSR count). The molecule has 0 spiro atoms. The van der Waals surface area contributed by atoms with Gasteiger partial charge in [0.2, 0.25) is 0 Å². The molecule has 1 aromatic carbocycles. The van der Waals surface area contributed by atoms with Gasteiger partial charge in [0, 0.05) is 5.56 Å². The van der Waals surface area contributed by atoms with Crippen molar-refractivity contribution in [1.82, 2.24) is 0 Å². The number of alkyl halides is 6. The predicted octanol–water partition coefficient (Wildman–Crippen LogP) is 4.33. The van der Waals surface area contributed by atoms with Gasteiger partial charge < -0.3 is 4.74 Å². The van der Waals surface area contributed by atoms with Crippen molar-refractivity contribution in [3.8, 4) is 5.75 Å². The number of carbonyl (C=O) groups excluding carboxylic acids is 1. The highest BCUT2D eigenvalue weighted by molar-refractivity contribution is 9.09. The molecule has 0 radical (unpaired) electrons. The monoisotopic (exact) mass is 346 g/mol. The molecule has 19 heavy (non-hydrogen) atoms. The average Bonchev–Trinajstić information content (AvgIpc) is 2.25. The van der Waals surface area contributed by atoms with Crippen LogP contribution in [0, 0.1) is 0 Å². The summed E-state index contributed by atoms with van der Waals surface area (Å²) in [6, 6.07) is 2.07. The first-order chi connectivity index (χ1) is 8.62. The van der Waals surface area contributed by atoms with Crippen LogP contribution in [0.15, 0.2) is 18.2 Å². The first kappa shape index (κ1) is 15.9. The van der Waals surface area contributed by atoms with E-state index in [0.717, 1.165) is 6.07 Å². The zero-order valence-electron chi connectivity index (χ0n) is 9.47. The quantitative estimate of drug-likeness (QED) is 0.599. The van der Waals surface area contributed by atoms with Gasteiger partial charge in [-0.25, -0.2) is 0 Å². The third-order valence-corrected chi connectivity index (χ3v) is 3.32. The molecule has 0 heterocycles. The van der Waals surface area contributed by atoms with Crippen LogP contribution in [0.1, 0.15) is 22.9 Å². The Morgan fingerprint density at radius 1 is 1.32 bits per heavy atom. The van der Waals surface area contributed by atoms with Gasteiger partial charge in [0.15, 0.2) is 0 Å². The smallest absolute Gasteiger partial charge is 0.416 e. The standard InChI is InChI=1S/C11H8BrF5O2/c1-5(18)9(12)7-3-2-6(11(15,16)17)4-8(7)19-10(13)14/h2-4,9-10H,1H3. The molecule has 1 unspecified atom stereocenters. The summed E-state index contributed by atoms with van der Waals surface area (Å²) in [5, 5.41) is 0.